The summed E-state index contributed by atoms with van der Waals surface area (Å²) in [5.74, 6) is 6.60. The zero-order valence-corrected chi connectivity index (χ0v) is 12.4. The van der Waals surface area contributed by atoms with Crippen LogP contribution in [0.5, 0.6) is 5.75 Å². The molecule has 0 aliphatic rings. The molecule has 0 fully saturated rings. The predicted molar refractivity (Wildman–Crippen MR) is 83.0 cm³/mol. The number of nitrogens with two attached hydrogens (primary N) is 1. The van der Waals surface area contributed by atoms with Gasteiger partial charge in [-0.2, -0.15) is 0 Å². The average Bonchev–Trinajstić information content (AvgIpc) is 2.48. The summed E-state index contributed by atoms with van der Waals surface area (Å²) in [7, 11) is 1.67. The van der Waals surface area contributed by atoms with Gasteiger partial charge in [0.1, 0.15) is 5.75 Å². The summed E-state index contributed by atoms with van der Waals surface area (Å²) in [6.07, 6.45) is 0.738. The number of para-hydroxylation sites is 1. The first kappa shape index (κ1) is 14.9. The summed E-state index contributed by atoms with van der Waals surface area (Å²) in [4.78, 5) is 0. The van der Waals surface area contributed by atoms with E-state index in [4.69, 9.17) is 22.2 Å². The van der Waals surface area contributed by atoms with Gasteiger partial charge in [0.2, 0.25) is 0 Å². The predicted octanol–water partition coefficient (Wildman–Crippen LogP) is 3.40. The lowest BCUT2D eigenvalue weighted by atomic mass is 9.95. The van der Waals surface area contributed by atoms with Gasteiger partial charge in [-0.25, -0.2) is 0 Å². The van der Waals surface area contributed by atoms with E-state index < -0.39 is 0 Å². The van der Waals surface area contributed by atoms with Crippen molar-refractivity contribution in [1.29, 1.82) is 0 Å². The molecular weight excluding hydrogens is 272 g/mol. The van der Waals surface area contributed by atoms with E-state index in [9.17, 15) is 0 Å². The Morgan fingerprint density at radius 2 is 2.00 bits per heavy atom. The molecule has 3 nitrogen and oxygen atoms in total. The zero-order chi connectivity index (χ0) is 14.5. The van der Waals surface area contributed by atoms with Crippen LogP contribution in [-0.2, 0) is 6.42 Å². The van der Waals surface area contributed by atoms with E-state index in [1.54, 1.807) is 7.11 Å². The van der Waals surface area contributed by atoms with Crippen molar-refractivity contribution in [1.82, 2.24) is 5.43 Å². The highest BCUT2D eigenvalue weighted by Gasteiger charge is 2.15. The highest BCUT2D eigenvalue weighted by Crippen LogP contribution is 2.27. The zero-order valence-electron chi connectivity index (χ0n) is 11.7. The third kappa shape index (κ3) is 3.31. The Morgan fingerprint density at radius 1 is 1.25 bits per heavy atom. The first-order chi connectivity index (χ1) is 9.65. The molecular formula is C16H19ClN2O. The fraction of sp³-hybridized carbons (Fsp3) is 0.250. The van der Waals surface area contributed by atoms with Gasteiger partial charge in [-0.05, 0) is 48.2 Å². The standard InChI is InChI=1S/C16H19ClN2O/c1-11-7-8-13(17)10-14(11)15(19-18)9-12-5-3-4-6-16(12)20-2/h3-8,10,15,19H,9,18H2,1-2H3. The fourth-order valence-electron chi connectivity index (χ4n) is 2.34. The van der Waals surface area contributed by atoms with Crippen molar-refractivity contribution < 1.29 is 4.74 Å². The van der Waals surface area contributed by atoms with E-state index in [0.717, 1.165) is 28.9 Å². The Labute approximate surface area is 124 Å². The SMILES string of the molecule is COc1ccccc1CC(NN)c1cc(Cl)ccc1C. The van der Waals surface area contributed by atoms with Gasteiger partial charge < -0.3 is 4.74 Å². The molecule has 4 heteroatoms. The van der Waals surface area contributed by atoms with E-state index >= 15 is 0 Å². The molecule has 2 aromatic rings. The number of benzene rings is 2. The number of aryl methyl sites for hydroxylation is 1. The summed E-state index contributed by atoms with van der Waals surface area (Å²) in [5, 5.41) is 0.714. The smallest absolute Gasteiger partial charge is 0.122 e. The number of ether oxygens (including phenoxy) is 1. The van der Waals surface area contributed by atoms with Crippen molar-refractivity contribution in [3.05, 3.63) is 64.2 Å². The molecule has 106 valence electrons. The Morgan fingerprint density at radius 3 is 2.70 bits per heavy atom. The van der Waals surface area contributed by atoms with Crippen LogP contribution < -0.4 is 16.0 Å². The number of hydrogen-bond acceptors (Lipinski definition) is 3. The largest absolute Gasteiger partial charge is 0.496 e. The molecule has 0 bridgehead atoms. The summed E-state index contributed by atoms with van der Waals surface area (Å²) >= 11 is 6.09. The molecule has 0 aliphatic carbocycles. The van der Waals surface area contributed by atoms with E-state index in [-0.39, 0.29) is 6.04 Å². The van der Waals surface area contributed by atoms with Gasteiger partial charge in [0, 0.05) is 5.02 Å². The normalized spacial score (nSPS) is 12.2. The van der Waals surface area contributed by atoms with Crippen molar-refractivity contribution in [3.8, 4) is 5.75 Å². The van der Waals surface area contributed by atoms with Gasteiger partial charge >= 0.3 is 0 Å². The van der Waals surface area contributed by atoms with Gasteiger partial charge in [0.25, 0.3) is 0 Å². The van der Waals surface area contributed by atoms with Crippen LogP contribution in [0.15, 0.2) is 42.5 Å². The molecule has 2 aromatic carbocycles. The van der Waals surface area contributed by atoms with Crippen LogP contribution in [-0.4, -0.2) is 7.11 Å². The van der Waals surface area contributed by atoms with Crippen LogP contribution in [0.1, 0.15) is 22.7 Å². The van der Waals surface area contributed by atoms with Crippen LogP contribution in [0.2, 0.25) is 5.02 Å². The second-order valence-electron chi connectivity index (χ2n) is 4.74. The van der Waals surface area contributed by atoms with Gasteiger partial charge in [-0.15, -0.1) is 0 Å². The summed E-state index contributed by atoms with van der Waals surface area (Å²) < 4.78 is 5.39. The maximum Gasteiger partial charge on any atom is 0.122 e. The van der Waals surface area contributed by atoms with E-state index in [1.807, 2.05) is 42.5 Å². The highest BCUT2D eigenvalue weighted by molar-refractivity contribution is 6.30. The number of hydrogen-bond donors (Lipinski definition) is 2. The first-order valence-corrected chi connectivity index (χ1v) is 6.87. The molecule has 1 unspecified atom stereocenters. The van der Waals surface area contributed by atoms with Gasteiger partial charge in [0.05, 0.1) is 13.2 Å². The van der Waals surface area contributed by atoms with Gasteiger partial charge in [-0.3, -0.25) is 11.3 Å². The molecule has 0 amide bonds. The molecule has 20 heavy (non-hydrogen) atoms. The minimum atomic E-state index is -0.00926. The molecule has 0 saturated heterocycles. The lowest BCUT2D eigenvalue weighted by molar-refractivity contribution is 0.405. The van der Waals surface area contributed by atoms with Crippen LogP contribution in [0, 0.1) is 6.92 Å². The number of rotatable bonds is 5. The average molecular weight is 291 g/mol. The van der Waals surface area contributed by atoms with Crippen LogP contribution in [0.4, 0.5) is 0 Å². The van der Waals surface area contributed by atoms with Crippen molar-refractivity contribution in [2.24, 2.45) is 5.84 Å². The highest BCUT2D eigenvalue weighted by atomic mass is 35.5. The van der Waals surface area contributed by atoms with E-state index in [0.29, 0.717) is 5.02 Å². The Bertz CT molecular complexity index is 586. The first-order valence-electron chi connectivity index (χ1n) is 6.49. The lowest BCUT2D eigenvalue weighted by Gasteiger charge is -2.20. The third-order valence-corrected chi connectivity index (χ3v) is 3.67. The molecule has 3 N–H and O–H groups in total. The minimum Gasteiger partial charge on any atom is -0.496 e. The Balaban J connectivity index is 2.31. The van der Waals surface area contributed by atoms with E-state index in [1.165, 1.54) is 0 Å². The monoisotopic (exact) mass is 290 g/mol. The molecule has 2 rings (SSSR count). The summed E-state index contributed by atoms with van der Waals surface area (Å²) in [6, 6.07) is 13.8. The lowest BCUT2D eigenvalue weighted by Crippen LogP contribution is -2.30. The van der Waals surface area contributed by atoms with Gasteiger partial charge in [0.15, 0.2) is 0 Å². The van der Waals surface area contributed by atoms with Crippen LogP contribution >= 0.6 is 11.6 Å². The molecule has 0 spiro atoms. The van der Waals surface area contributed by atoms with Crippen LogP contribution in [0.3, 0.4) is 0 Å². The van der Waals surface area contributed by atoms with Crippen molar-refractivity contribution in [2.75, 3.05) is 7.11 Å². The van der Waals surface area contributed by atoms with Crippen molar-refractivity contribution in [2.45, 2.75) is 19.4 Å². The second kappa shape index (κ2) is 6.75. The maximum absolute atomic E-state index is 6.09. The number of nitrogens with one attached hydrogen (secondary N) is 1. The minimum absolute atomic E-state index is 0.00926. The topological polar surface area (TPSA) is 47.3 Å². The summed E-state index contributed by atoms with van der Waals surface area (Å²) in [5.41, 5.74) is 6.24. The fourth-order valence-corrected chi connectivity index (χ4v) is 2.52. The molecule has 0 aliphatic heterocycles. The number of halogens is 1. The second-order valence-corrected chi connectivity index (χ2v) is 5.17. The number of methoxy groups -OCH3 is 1. The van der Waals surface area contributed by atoms with Gasteiger partial charge in [-0.1, -0.05) is 35.9 Å². The molecule has 0 aromatic heterocycles. The maximum atomic E-state index is 6.09. The molecule has 1 atom stereocenters. The Hall–Kier alpha value is -1.55. The van der Waals surface area contributed by atoms with E-state index in [2.05, 4.69) is 12.3 Å². The van der Waals surface area contributed by atoms with Crippen molar-refractivity contribution in [3.63, 3.8) is 0 Å². The van der Waals surface area contributed by atoms with Crippen molar-refractivity contribution >= 4 is 11.6 Å². The quantitative estimate of drug-likeness (QED) is 0.655. The third-order valence-electron chi connectivity index (χ3n) is 3.43. The Kier molecular flexibility index (Phi) is 5.01. The molecule has 0 radical (unpaired) electrons. The molecule has 0 heterocycles. The van der Waals surface area contributed by atoms with Crippen LogP contribution in [0.25, 0.3) is 0 Å². The summed E-state index contributed by atoms with van der Waals surface area (Å²) in [6.45, 7) is 2.05. The number of hydrazine groups is 1. The molecule has 0 saturated carbocycles.